The third kappa shape index (κ3) is 4.40. The van der Waals surface area contributed by atoms with Crippen LogP contribution in [0.4, 0.5) is 0 Å². The second-order valence-corrected chi connectivity index (χ2v) is 5.80. The molecule has 1 aromatic carbocycles. The Labute approximate surface area is 131 Å². The first-order chi connectivity index (χ1) is 10.1. The minimum atomic E-state index is 0.268. The molecule has 4 nitrogen and oxygen atoms in total. The van der Waals surface area contributed by atoms with Crippen molar-refractivity contribution in [1.82, 2.24) is 0 Å². The molecule has 0 heterocycles. The number of methoxy groups -OCH3 is 2. The van der Waals surface area contributed by atoms with E-state index in [4.69, 9.17) is 32.2 Å². The van der Waals surface area contributed by atoms with Gasteiger partial charge in [0.25, 0.3) is 0 Å². The molecule has 0 aromatic heterocycles. The van der Waals surface area contributed by atoms with E-state index in [1.807, 2.05) is 18.2 Å². The van der Waals surface area contributed by atoms with Crippen LogP contribution in [0.3, 0.4) is 0 Å². The van der Waals surface area contributed by atoms with E-state index in [1.54, 1.807) is 14.2 Å². The summed E-state index contributed by atoms with van der Waals surface area (Å²) in [6.45, 7) is 0.565. The van der Waals surface area contributed by atoms with E-state index in [-0.39, 0.29) is 6.10 Å². The Morgan fingerprint density at radius 1 is 1.29 bits per heavy atom. The van der Waals surface area contributed by atoms with Gasteiger partial charge in [-0.05, 0) is 43.4 Å². The fourth-order valence-electron chi connectivity index (χ4n) is 2.71. The fourth-order valence-corrected chi connectivity index (χ4v) is 2.88. The average Bonchev–Trinajstić information content (AvgIpc) is 2.52. The van der Waals surface area contributed by atoms with E-state index in [0.717, 1.165) is 36.8 Å². The molecule has 1 aliphatic carbocycles. The van der Waals surface area contributed by atoms with Gasteiger partial charge in [0.2, 0.25) is 0 Å². The molecule has 21 heavy (non-hydrogen) atoms. The summed E-state index contributed by atoms with van der Waals surface area (Å²) in [4.78, 5) is 0.342. The molecule has 5 heteroatoms. The summed E-state index contributed by atoms with van der Waals surface area (Å²) in [5, 5.41) is 0. The van der Waals surface area contributed by atoms with Crippen molar-refractivity contribution in [2.24, 2.45) is 5.73 Å². The van der Waals surface area contributed by atoms with Gasteiger partial charge in [0.15, 0.2) is 0 Å². The zero-order valence-electron chi connectivity index (χ0n) is 12.6. The number of hydrogen-bond acceptors (Lipinski definition) is 4. The highest BCUT2D eigenvalue weighted by atomic mass is 32.1. The van der Waals surface area contributed by atoms with Crippen molar-refractivity contribution in [3.05, 3.63) is 29.3 Å². The van der Waals surface area contributed by atoms with Crippen LogP contribution in [0, 0.1) is 0 Å². The molecule has 0 bridgehead atoms. The highest BCUT2D eigenvalue weighted by molar-refractivity contribution is 7.80. The third-order valence-corrected chi connectivity index (χ3v) is 4.15. The first kappa shape index (κ1) is 16.2. The summed E-state index contributed by atoms with van der Waals surface area (Å²) in [7, 11) is 3.39. The predicted molar refractivity (Wildman–Crippen MR) is 86.7 cm³/mol. The lowest BCUT2D eigenvalue weighted by atomic mass is 9.95. The number of ether oxygens (including phenoxy) is 3. The van der Waals surface area contributed by atoms with Crippen LogP contribution in [0.2, 0.25) is 0 Å². The molecule has 2 unspecified atom stereocenters. The minimum absolute atomic E-state index is 0.268. The molecule has 2 rings (SSSR count). The van der Waals surface area contributed by atoms with E-state index in [2.05, 4.69) is 0 Å². The van der Waals surface area contributed by atoms with E-state index < -0.39 is 0 Å². The first-order valence-electron chi connectivity index (χ1n) is 7.25. The van der Waals surface area contributed by atoms with Gasteiger partial charge >= 0.3 is 0 Å². The number of rotatable bonds is 6. The van der Waals surface area contributed by atoms with E-state index in [0.29, 0.717) is 23.4 Å². The second-order valence-electron chi connectivity index (χ2n) is 5.36. The maximum Gasteiger partial charge on any atom is 0.129 e. The number of thiocarbonyl (C=S) groups is 1. The van der Waals surface area contributed by atoms with Crippen molar-refractivity contribution in [3.8, 4) is 5.75 Å². The average molecular weight is 309 g/mol. The molecule has 0 amide bonds. The lowest BCUT2D eigenvalue weighted by Crippen LogP contribution is -2.27. The first-order valence-corrected chi connectivity index (χ1v) is 7.66. The van der Waals surface area contributed by atoms with Gasteiger partial charge in [-0.3, -0.25) is 0 Å². The summed E-state index contributed by atoms with van der Waals surface area (Å²) >= 11 is 5.01. The predicted octanol–water partition coefficient (Wildman–Crippen LogP) is 2.80. The standard InChI is InChI=1S/C16H23NO3S/c1-18-12-4-3-5-13(9-12)20-10-11-6-7-14(16(17)21)15(8-11)19-2/h6-8,12-13H,3-5,9-10H2,1-2H3,(H2,17,21). The highest BCUT2D eigenvalue weighted by Gasteiger charge is 2.22. The van der Waals surface area contributed by atoms with Gasteiger partial charge in [-0.2, -0.15) is 0 Å². The second kappa shape index (κ2) is 7.73. The Hall–Kier alpha value is -1.17. The zero-order chi connectivity index (χ0) is 15.2. The van der Waals surface area contributed by atoms with Crippen LogP contribution in [0.1, 0.15) is 36.8 Å². The summed E-state index contributed by atoms with van der Waals surface area (Å²) < 4.78 is 16.8. The van der Waals surface area contributed by atoms with Crippen molar-refractivity contribution in [2.45, 2.75) is 44.5 Å². The van der Waals surface area contributed by atoms with Crippen molar-refractivity contribution < 1.29 is 14.2 Å². The molecule has 0 radical (unpaired) electrons. The normalized spacial score (nSPS) is 22.0. The molecule has 1 saturated carbocycles. The van der Waals surface area contributed by atoms with Crippen LogP contribution in [-0.2, 0) is 16.1 Å². The van der Waals surface area contributed by atoms with Gasteiger partial charge in [-0.25, -0.2) is 0 Å². The summed E-state index contributed by atoms with van der Waals surface area (Å²) in [5.74, 6) is 0.696. The minimum Gasteiger partial charge on any atom is -0.496 e. The molecule has 1 aliphatic rings. The van der Waals surface area contributed by atoms with Crippen molar-refractivity contribution >= 4 is 17.2 Å². The van der Waals surface area contributed by atoms with Gasteiger partial charge < -0.3 is 19.9 Å². The monoisotopic (exact) mass is 309 g/mol. The summed E-state index contributed by atoms with van der Waals surface area (Å²) in [6.07, 6.45) is 4.96. The summed E-state index contributed by atoms with van der Waals surface area (Å²) in [6, 6.07) is 5.80. The number of benzene rings is 1. The molecule has 1 fully saturated rings. The molecule has 1 aromatic rings. The number of hydrogen-bond donors (Lipinski definition) is 1. The SMILES string of the molecule is COc1cc(COC2CCCC(OC)C2)ccc1C(N)=S. The number of nitrogens with two attached hydrogens (primary N) is 1. The Morgan fingerprint density at radius 2 is 2.05 bits per heavy atom. The molecular weight excluding hydrogens is 286 g/mol. The van der Waals surface area contributed by atoms with Crippen molar-refractivity contribution in [2.75, 3.05) is 14.2 Å². The largest absolute Gasteiger partial charge is 0.496 e. The van der Waals surface area contributed by atoms with E-state index in [1.165, 1.54) is 0 Å². The van der Waals surface area contributed by atoms with Gasteiger partial charge in [0, 0.05) is 7.11 Å². The van der Waals surface area contributed by atoms with Crippen LogP contribution in [0.25, 0.3) is 0 Å². The van der Waals surface area contributed by atoms with Gasteiger partial charge in [-0.15, -0.1) is 0 Å². The molecule has 116 valence electrons. The quantitative estimate of drug-likeness (QED) is 0.819. The Kier molecular flexibility index (Phi) is 5.96. The van der Waals surface area contributed by atoms with Crippen LogP contribution < -0.4 is 10.5 Å². The van der Waals surface area contributed by atoms with Crippen LogP contribution >= 0.6 is 12.2 Å². The van der Waals surface area contributed by atoms with Crippen LogP contribution in [0.5, 0.6) is 5.75 Å². The van der Waals surface area contributed by atoms with Crippen LogP contribution in [0.15, 0.2) is 18.2 Å². The van der Waals surface area contributed by atoms with E-state index in [9.17, 15) is 0 Å². The lowest BCUT2D eigenvalue weighted by molar-refractivity contribution is -0.0363. The maximum absolute atomic E-state index is 6.00. The van der Waals surface area contributed by atoms with E-state index >= 15 is 0 Å². The van der Waals surface area contributed by atoms with Crippen LogP contribution in [-0.4, -0.2) is 31.4 Å². The highest BCUT2D eigenvalue weighted by Crippen LogP contribution is 2.25. The Balaban J connectivity index is 1.95. The van der Waals surface area contributed by atoms with Gasteiger partial charge in [0.1, 0.15) is 10.7 Å². The van der Waals surface area contributed by atoms with Crippen molar-refractivity contribution in [1.29, 1.82) is 0 Å². The van der Waals surface area contributed by atoms with Gasteiger partial charge in [0.05, 0.1) is 31.5 Å². The smallest absolute Gasteiger partial charge is 0.129 e. The van der Waals surface area contributed by atoms with Gasteiger partial charge in [-0.1, -0.05) is 18.3 Å². The molecular formula is C16H23NO3S. The zero-order valence-corrected chi connectivity index (χ0v) is 13.4. The summed E-state index contributed by atoms with van der Waals surface area (Å²) in [5.41, 5.74) is 7.49. The molecule has 0 aliphatic heterocycles. The lowest BCUT2D eigenvalue weighted by Gasteiger charge is -2.28. The van der Waals surface area contributed by atoms with Crippen molar-refractivity contribution in [3.63, 3.8) is 0 Å². The maximum atomic E-state index is 6.00. The molecule has 2 N–H and O–H groups in total. The topological polar surface area (TPSA) is 53.7 Å². The third-order valence-electron chi connectivity index (χ3n) is 3.93. The Morgan fingerprint density at radius 3 is 2.71 bits per heavy atom. The molecule has 0 spiro atoms. The molecule has 2 atom stereocenters. The fraction of sp³-hybridized carbons (Fsp3) is 0.562. The Bertz CT molecular complexity index is 492. The molecule has 0 saturated heterocycles.